The summed E-state index contributed by atoms with van der Waals surface area (Å²) >= 11 is 0. The number of phenolic OH excluding ortho intramolecular Hbond substituents is 1. The van der Waals surface area contributed by atoms with E-state index in [1.54, 1.807) is 19.2 Å². The molecule has 0 aliphatic carbocycles. The minimum absolute atomic E-state index is 0.315. The number of ether oxygens (including phenoxy) is 1. The van der Waals surface area contributed by atoms with Crippen molar-refractivity contribution in [1.82, 2.24) is 0 Å². The summed E-state index contributed by atoms with van der Waals surface area (Å²) < 4.78 is 5.19. The Morgan fingerprint density at radius 3 is 2.35 bits per heavy atom. The molecule has 0 bridgehead atoms. The third kappa shape index (κ3) is 3.25. The van der Waals surface area contributed by atoms with Gasteiger partial charge in [0.25, 0.3) is 0 Å². The van der Waals surface area contributed by atoms with Gasteiger partial charge in [0.15, 0.2) is 0 Å². The Morgan fingerprint density at radius 2 is 1.65 bits per heavy atom. The van der Waals surface area contributed by atoms with E-state index in [1.807, 2.05) is 24.3 Å². The Morgan fingerprint density at radius 1 is 0.941 bits per heavy atom. The van der Waals surface area contributed by atoms with Gasteiger partial charge < -0.3 is 9.84 Å². The van der Waals surface area contributed by atoms with Gasteiger partial charge in [-0.2, -0.15) is 0 Å². The van der Waals surface area contributed by atoms with Crippen molar-refractivity contribution in [1.29, 1.82) is 0 Å². The quantitative estimate of drug-likeness (QED) is 0.870. The predicted octanol–water partition coefficient (Wildman–Crippen LogP) is 3.19. The van der Waals surface area contributed by atoms with Gasteiger partial charge in [-0.1, -0.05) is 24.3 Å². The molecule has 0 saturated heterocycles. The molecule has 0 spiro atoms. The van der Waals surface area contributed by atoms with Gasteiger partial charge in [-0.25, -0.2) is 0 Å². The first-order valence-corrected chi connectivity index (χ1v) is 5.69. The van der Waals surface area contributed by atoms with Crippen molar-refractivity contribution >= 4 is 0 Å². The van der Waals surface area contributed by atoms with Gasteiger partial charge in [0.1, 0.15) is 11.5 Å². The number of hydrogen-bond donors (Lipinski definition) is 1. The number of hydrogen-bond acceptors (Lipinski definition) is 2. The molecule has 0 saturated carbocycles. The van der Waals surface area contributed by atoms with E-state index in [1.165, 1.54) is 11.1 Å². The molecule has 1 N–H and O–H groups in total. The molecule has 2 aromatic rings. The first-order valence-electron chi connectivity index (χ1n) is 5.69. The van der Waals surface area contributed by atoms with Gasteiger partial charge in [0.05, 0.1) is 7.11 Å². The van der Waals surface area contributed by atoms with E-state index in [2.05, 4.69) is 12.1 Å². The van der Waals surface area contributed by atoms with Crippen molar-refractivity contribution in [2.75, 3.05) is 7.11 Å². The summed E-state index contributed by atoms with van der Waals surface area (Å²) in [5, 5.41) is 9.19. The van der Waals surface area contributed by atoms with E-state index in [-0.39, 0.29) is 0 Å². The zero-order valence-electron chi connectivity index (χ0n) is 9.89. The topological polar surface area (TPSA) is 29.5 Å². The van der Waals surface area contributed by atoms with Crippen LogP contribution in [0, 0.1) is 0 Å². The van der Waals surface area contributed by atoms with Gasteiger partial charge in [-0.05, 0) is 48.2 Å². The molecule has 0 aliphatic heterocycles. The fraction of sp³-hybridized carbons (Fsp3) is 0.200. The van der Waals surface area contributed by atoms with Crippen molar-refractivity contribution in [3.8, 4) is 11.5 Å². The minimum Gasteiger partial charge on any atom is -0.508 e. The van der Waals surface area contributed by atoms with Crippen LogP contribution in [0.15, 0.2) is 48.5 Å². The van der Waals surface area contributed by atoms with Crippen LogP contribution in [0.4, 0.5) is 0 Å². The van der Waals surface area contributed by atoms with Crippen LogP contribution >= 0.6 is 0 Å². The fourth-order valence-corrected chi connectivity index (χ4v) is 1.78. The van der Waals surface area contributed by atoms with E-state index in [0.717, 1.165) is 18.6 Å². The van der Waals surface area contributed by atoms with Gasteiger partial charge in [0.2, 0.25) is 0 Å². The molecule has 2 heteroatoms. The predicted molar refractivity (Wildman–Crippen MR) is 68.5 cm³/mol. The van der Waals surface area contributed by atoms with Gasteiger partial charge in [-0.3, -0.25) is 0 Å². The molecule has 0 unspecified atom stereocenters. The highest BCUT2D eigenvalue weighted by Crippen LogP contribution is 2.16. The molecule has 0 fully saturated rings. The second-order valence-corrected chi connectivity index (χ2v) is 4.02. The van der Waals surface area contributed by atoms with Crippen LogP contribution in [-0.2, 0) is 12.8 Å². The zero-order valence-corrected chi connectivity index (χ0v) is 9.89. The average molecular weight is 228 g/mol. The zero-order chi connectivity index (χ0) is 12.1. The third-order valence-electron chi connectivity index (χ3n) is 2.77. The standard InChI is InChI=1S/C15H16O2/c1-17-15-4-2-3-13(11-15)6-5-12-7-9-14(16)10-8-12/h2-4,7-11,16H,5-6H2,1H3. The average Bonchev–Trinajstić information content (AvgIpc) is 2.38. The molecule has 17 heavy (non-hydrogen) atoms. The molecule has 88 valence electrons. The summed E-state index contributed by atoms with van der Waals surface area (Å²) in [6.45, 7) is 0. The molecular formula is C15H16O2. The maximum absolute atomic E-state index is 9.19. The first kappa shape index (κ1) is 11.5. The number of methoxy groups -OCH3 is 1. The maximum Gasteiger partial charge on any atom is 0.119 e. The summed E-state index contributed by atoms with van der Waals surface area (Å²) in [6, 6.07) is 15.5. The molecule has 2 rings (SSSR count). The Labute approximate surface area is 101 Å². The normalized spacial score (nSPS) is 10.2. The van der Waals surface area contributed by atoms with E-state index < -0.39 is 0 Å². The van der Waals surface area contributed by atoms with E-state index in [9.17, 15) is 5.11 Å². The number of aryl methyl sites for hydroxylation is 2. The Balaban J connectivity index is 1.99. The monoisotopic (exact) mass is 228 g/mol. The van der Waals surface area contributed by atoms with E-state index in [0.29, 0.717) is 5.75 Å². The van der Waals surface area contributed by atoms with Gasteiger partial charge in [-0.15, -0.1) is 0 Å². The number of phenols is 1. The molecule has 2 aromatic carbocycles. The first-order chi connectivity index (χ1) is 8.28. The van der Waals surface area contributed by atoms with Crippen LogP contribution in [0.3, 0.4) is 0 Å². The SMILES string of the molecule is COc1cccc(CCc2ccc(O)cc2)c1. The summed E-state index contributed by atoms with van der Waals surface area (Å²) in [7, 11) is 1.68. The van der Waals surface area contributed by atoms with Crippen molar-refractivity contribution < 1.29 is 9.84 Å². The number of benzene rings is 2. The highest BCUT2D eigenvalue weighted by Gasteiger charge is 1.98. The lowest BCUT2D eigenvalue weighted by Crippen LogP contribution is -1.92. The second kappa shape index (κ2) is 5.39. The Kier molecular flexibility index (Phi) is 3.66. The lowest BCUT2D eigenvalue weighted by molar-refractivity contribution is 0.414. The number of aromatic hydroxyl groups is 1. The molecule has 0 aromatic heterocycles. The molecule has 0 aliphatic rings. The van der Waals surface area contributed by atoms with Crippen LogP contribution in [0.2, 0.25) is 0 Å². The Bertz CT molecular complexity index is 475. The van der Waals surface area contributed by atoms with Crippen LogP contribution in [0.1, 0.15) is 11.1 Å². The summed E-state index contributed by atoms with van der Waals surface area (Å²) in [5.74, 6) is 1.21. The van der Waals surface area contributed by atoms with Crippen molar-refractivity contribution in [2.24, 2.45) is 0 Å². The molecule has 0 atom stereocenters. The smallest absolute Gasteiger partial charge is 0.119 e. The molecular weight excluding hydrogens is 212 g/mol. The highest BCUT2D eigenvalue weighted by molar-refractivity contribution is 5.30. The number of rotatable bonds is 4. The lowest BCUT2D eigenvalue weighted by atomic mass is 10.0. The minimum atomic E-state index is 0.315. The van der Waals surface area contributed by atoms with Crippen molar-refractivity contribution in [3.63, 3.8) is 0 Å². The highest BCUT2D eigenvalue weighted by atomic mass is 16.5. The third-order valence-corrected chi connectivity index (χ3v) is 2.77. The molecule has 0 heterocycles. The lowest BCUT2D eigenvalue weighted by Gasteiger charge is -2.05. The van der Waals surface area contributed by atoms with Crippen LogP contribution in [0.25, 0.3) is 0 Å². The van der Waals surface area contributed by atoms with Crippen molar-refractivity contribution in [3.05, 3.63) is 59.7 Å². The van der Waals surface area contributed by atoms with Crippen LogP contribution < -0.4 is 4.74 Å². The fourth-order valence-electron chi connectivity index (χ4n) is 1.78. The summed E-state index contributed by atoms with van der Waals surface area (Å²) in [4.78, 5) is 0. The largest absolute Gasteiger partial charge is 0.508 e. The van der Waals surface area contributed by atoms with Crippen molar-refractivity contribution in [2.45, 2.75) is 12.8 Å². The maximum atomic E-state index is 9.19. The second-order valence-electron chi connectivity index (χ2n) is 4.02. The summed E-state index contributed by atoms with van der Waals surface area (Å²) in [5.41, 5.74) is 2.49. The molecule has 0 amide bonds. The van der Waals surface area contributed by atoms with Crippen LogP contribution in [-0.4, -0.2) is 12.2 Å². The van der Waals surface area contributed by atoms with E-state index >= 15 is 0 Å². The van der Waals surface area contributed by atoms with Gasteiger partial charge in [0, 0.05) is 0 Å². The summed E-state index contributed by atoms with van der Waals surface area (Å²) in [6.07, 6.45) is 1.94. The van der Waals surface area contributed by atoms with E-state index in [4.69, 9.17) is 4.74 Å². The van der Waals surface area contributed by atoms with Gasteiger partial charge >= 0.3 is 0 Å². The molecule has 2 nitrogen and oxygen atoms in total. The molecule has 0 radical (unpaired) electrons. The van der Waals surface area contributed by atoms with Crippen LogP contribution in [0.5, 0.6) is 11.5 Å². The Hall–Kier alpha value is -1.96.